The van der Waals surface area contributed by atoms with Crippen LogP contribution in [0.3, 0.4) is 0 Å². The van der Waals surface area contributed by atoms with Gasteiger partial charge in [0.25, 0.3) is 11.5 Å². The zero-order chi connectivity index (χ0) is 30.0. The normalized spacial score (nSPS) is 14.9. The van der Waals surface area contributed by atoms with Crippen molar-refractivity contribution < 1.29 is 9.53 Å². The summed E-state index contributed by atoms with van der Waals surface area (Å²) in [6.07, 6.45) is 1.83. The highest BCUT2D eigenvalue weighted by Gasteiger charge is 2.34. The van der Waals surface area contributed by atoms with Gasteiger partial charge in [-0.05, 0) is 74.4 Å². The van der Waals surface area contributed by atoms with Crippen LogP contribution in [0.4, 0.5) is 0 Å². The van der Waals surface area contributed by atoms with Crippen molar-refractivity contribution in [1.29, 1.82) is 0 Å². The van der Waals surface area contributed by atoms with Crippen LogP contribution in [0, 0.1) is 0 Å². The molecule has 2 heterocycles. The average molecular weight is 641 g/mol. The van der Waals surface area contributed by atoms with Gasteiger partial charge in [0.2, 0.25) is 0 Å². The van der Waals surface area contributed by atoms with Gasteiger partial charge in [-0.2, -0.15) is 0 Å². The molecule has 42 heavy (non-hydrogen) atoms. The van der Waals surface area contributed by atoms with Crippen molar-refractivity contribution in [1.82, 2.24) is 9.47 Å². The first-order valence-electron chi connectivity index (χ1n) is 13.4. The number of benzene rings is 3. The fourth-order valence-corrected chi connectivity index (χ4v) is 6.48. The number of carbonyl (C=O) groups excluding carboxylic acids is 1. The number of ether oxygens (including phenoxy) is 1. The highest BCUT2D eigenvalue weighted by atomic mass is 35.5. The monoisotopic (exact) mass is 639 g/mol. The van der Waals surface area contributed by atoms with Crippen LogP contribution in [0.1, 0.15) is 43.5 Å². The van der Waals surface area contributed by atoms with Gasteiger partial charge in [-0.25, -0.2) is 4.99 Å². The van der Waals surface area contributed by atoms with E-state index < -0.39 is 6.04 Å². The van der Waals surface area contributed by atoms with Crippen LogP contribution in [0.2, 0.25) is 15.1 Å². The highest BCUT2D eigenvalue weighted by Crippen LogP contribution is 2.32. The van der Waals surface area contributed by atoms with E-state index in [1.165, 1.54) is 11.3 Å². The summed E-state index contributed by atoms with van der Waals surface area (Å²) in [5, 5.41) is 1.69. The van der Waals surface area contributed by atoms with E-state index in [-0.39, 0.29) is 11.5 Å². The zero-order valence-corrected chi connectivity index (χ0v) is 26.3. The molecule has 10 heteroatoms. The van der Waals surface area contributed by atoms with Gasteiger partial charge < -0.3 is 9.64 Å². The molecule has 1 amide bonds. The summed E-state index contributed by atoms with van der Waals surface area (Å²) < 4.78 is 8.03. The fraction of sp³-hybridized carbons (Fsp3) is 0.219. The van der Waals surface area contributed by atoms with E-state index in [1.54, 1.807) is 33.7 Å². The number of aromatic nitrogens is 1. The number of nitrogens with zero attached hydrogens (tertiary/aromatic N) is 3. The molecule has 0 spiro atoms. The molecule has 0 bridgehead atoms. The molecule has 1 atom stereocenters. The Hall–Kier alpha value is -3.36. The quantitative estimate of drug-likeness (QED) is 0.217. The summed E-state index contributed by atoms with van der Waals surface area (Å²) >= 11 is 19.7. The number of hydrogen-bond donors (Lipinski definition) is 0. The van der Waals surface area contributed by atoms with E-state index in [4.69, 9.17) is 44.5 Å². The lowest BCUT2D eigenvalue weighted by molar-refractivity contribution is -0.127. The van der Waals surface area contributed by atoms with E-state index in [9.17, 15) is 9.59 Å². The summed E-state index contributed by atoms with van der Waals surface area (Å²) in [5.41, 5.74) is 3.32. The van der Waals surface area contributed by atoms with Gasteiger partial charge in [-0.3, -0.25) is 14.2 Å². The molecule has 1 aliphatic rings. The van der Waals surface area contributed by atoms with Gasteiger partial charge in [0, 0.05) is 33.7 Å². The standard InChI is InChI=1S/C32H28Cl3N3O3S/c1-4-37(5-2)31(40)28-19(3)36-32-38(29(28)21-8-11-23(33)12-9-21)30(39)27(42-32)16-20-6-14-25(15-7-20)41-18-22-10-13-24(34)17-26(22)35/h6-17,29H,4-5,18H2,1-3H3/b27-16+/t29-/m1/s1. The molecular formula is C32H28Cl3N3O3S. The van der Waals surface area contributed by atoms with E-state index in [2.05, 4.69) is 0 Å². The molecule has 0 saturated carbocycles. The highest BCUT2D eigenvalue weighted by molar-refractivity contribution is 7.07. The number of thiazole rings is 1. The Labute approximate surface area is 262 Å². The van der Waals surface area contributed by atoms with Crippen LogP contribution >= 0.6 is 46.1 Å². The number of rotatable bonds is 8. The van der Waals surface area contributed by atoms with Gasteiger partial charge in [0.1, 0.15) is 12.4 Å². The second-order valence-corrected chi connectivity index (χ2v) is 12.0. The molecule has 1 aliphatic heterocycles. The smallest absolute Gasteiger partial charge is 0.271 e. The number of allylic oxidation sites excluding steroid dienone is 1. The van der Waals surface area contributed by atoms with Crippen LogP contribution in [0.25, 0.3) is 6.08 Å². The molecule has 216 valence electrons. The Balaban J connectivity index is 1.50. The minimum absolute atomic E-state index is 0.133. The second kappa shape index (κ2) is 12.9. The topological polar surface area (TPSA) is 63.9 Å². The maximum atomic E-state index is 13.9. The van der Waals surface area contributed by atoms with Crippen LogP contribution in [0.15, 0.2) is 87.8 Å². The van der Waals surface area contributed by atoms with E-state index in [0.717, 1.165) is 16.7 Å². The lowest BCUT2D eigenvalue weighted by Crippen LogP contribution is -2.43. The van der Waals surface area contributed by atoms with Crippen molar-refractivity contribution in [3.63, 3.8) is 0 Å². The molecule has 0 N–H and O–H groups in total. The van der Waals surface area contributed by atoms with Gasteiger partial charge in [0.15, 0.2) is 4.80 Å². The molecule has 0 unspecified atom stereocenters. The van der Waals surface area contributed by atoms with Gasteiger partial charge in [-0.1, -0.05) is 76.5 Å². The van der Waals surface area contributed by atoms with Crippen LogP contribution in [-0.4, -0.2) is 28.5 Å². The largest absolute Gasteiger partial charge is 0.489 e. The van der Waals surface area contributed by atoms with Crippen molar-refractivity contribution in [2.24, 2.45) is 4.99 Å². The lowest BCUT2D eigenvalue weighted by Gasteiger charge is -2.29. The number of fused-ring (bicyclic) bond motifs is 1. The average Bonchev–Trinajstić information content (AvgIpc) is 3.27. The number of amides is 1. The first-order chi connectivity index (χ1) is 20.2. The van der Waals surface area contributed by atoms with Crippen molar-refractivity contribution in [3.05, 3.63) is 129 Å². The number of carbonyl (C=O) groups is 1. The number of likely N-dealkylation sites (N-methyl/N-ethyl adjacent to an activating group) is 1. The van der Waals surface area contributed by atoms with E-state index in [1.807, 2.05) is 69.3 Å². The Morgan fingerprint density at radius 1 is 1.00 bits per heavy atom. The van der Waals surface area contributed by atoms with Gasteiger partial charge >= 0.3 is 0 Å². The fourth-order valence-electron chi connectivity index (χ4n) is 4.85. The van der Waals surface area contributed by atoms with Crippen LogP contribution < -0.4 is 19.6 Å². The molecule has 0 saturated heterocycles. The number of hydrogen-bond acceptors (Lipinski definition) is 5. The summed E-state index contributed by atoms with van der Waals surface area (Å²) in [5.74, 6) is 0.531. The third kappa shape index (κ3) is 6.20. The summed E-state index contributed by atoms with van der Waals surface area (Å²) in [6, 6.07) is 19.4. The summed E-state index contributed by atoms with van der Waals surface area (Å²) in [6.45, 7) is 7.10. The van der Waals surface area contributed by atoms with Crippen LogP contribution in [0.5, 0.6) is 5.75 Å². The maximum absolute atomic E-state index is 13.9. The SMILES string of the molecule is CCN(CC)C(=O)C1=C(C)N=c2s/c(=C/c3ccc(OCc4ccc(Cl)cc4Cl)cc3)c(=O)n2[C@@H]1c1ccc(Cl)cc1. The summed E-state index contributed by atoms with van der Waals surface area (Å²) in [4.78, 5) is 34.6. The third-order valence-electron chi connectivity index (χ3n) is 7.08. The molecule has 3 aromatic carbocycles. The molecular weight excluding hydrogens is 613 g/mol. The molecule has 0 fully saturated rings. The zero-order valence-electron chi connectivity index (χ0n) is 23.2. The predicted molar refractivity (Wildman–Crippen MR) is 170 cm³/mol. The van der Waals surface area contributed by atoms with Crippen molar-refractivity contribution >= 4 is 58.1 Å². The Morgan fingerprint density at radius 2 is 1.67 bits per heavy atom. The minimum atomic E-state index is -0.621. The second-order valence-electron chi connectivity index (χ2n) is 9.70. The first kappa shape index (κ1) is 30.1. The van der Waals surface area contributed by atoms with E-state index in [0.29, 0.717) is 61.1 Å². The Kier molecular flexibility index (Phi) is 9.23. The van der Waals surface area contributed by atoms with Gasteiger partial charge in [0.05, 0.1) is 21.8 Å². The van der Waals surface area contributed by atoms with Crippen molar-refractivity contribution in [2.45, 2.75) is 33.4 Å². The molecule has 0 aliphatic carbocycles. The maximum Gasteiger partial charge on any atom is 0.271 e. The first-order valence-corrected chi connectivity index (χ1v) is 15.4. The van der Waals surface area contributed by atoms with Gasteiger partial charge in [-0.15, -0.1) is 0 Å². The Bertz CT molecular complexity index is 1840. The van der Waals surface area contributed by atoms with E-state index >= 15 is 0 Å². The molecule has 6 nitrogen and oxygen atoms in total. The molecule has 5 rings (SSSR count). The lowest BCUT2D eigenvalue weighted by atomic mass is 9.94. The number of halogens is 3. The van der Waals surface area contributed by atoms with Crippen LogP contribution in [-0.2, 0) is 11.4 Å². The molecule has 4 aromatic rings. The predicted octanol–water partition coefficient (Wildman–Crippen LogP) is 6.64. The molecule has 0 radical (unpaired) electrons. The Morgan fingerprint density at radius 3 is 2.31 bits per heavy atom. The van der Waals surface area contributed by atoms with Crippen molar-refractivity contribution in [2.75, 3.05) is 13.1 Å². The third-order valence-corrected chi connectivity index (χ3v) is 8.90. The minimum Gasteiger partial charge on any atom is -0.489 e. The molecule has 1 aromatic heterocycles. The van der Waals surface area contributed by atoms with Crippen molar-refractivity contribution in [3.8, 4) is 5.75 Å². The summed E-state index contributed by atoms with van der Waals surface area (Å²) in [7, 11) is 0.